The van der Waals surface area contributed by atoms with Crippen LogP contribution in [0.2, 0.25) is 0 Å². The quantitative estimate of drug-likeness (QED) is 0.853. The summed E-state index contributed by atoms with van der Waals surface area (Å²) in [6, 6.07) is 8.74. The second-order valence-corrected chi connectivity index (χ2v) is 7.01. The summed E-state index contributed by atoms with van der Waals surface area (Å²) in [5.41, 5.74) is 13.5. The molecule has 3 aliphatic rings. The van der Waals surface area contributed by atoms with Crippen LogP contribution in [0, 0.1) is 0 Å². The number of nitrogens with zero attached hydrogens (tertiary/aromatic N) is 1. The fourth-order valence-electron chi connectivity index (χ4n) is 3.80. The number of rotatable bonds is 2. The van der Waals surface area contributed by atoms with Crippen LogP contribution in [0.3, 0.4) is 0 Å². The molecule has 1 aliphatic carbocycles. The number of allylic oxidation sites excluding steroid dienone is 8. The first kappa shape index (κ1) is 16.7. The number of dihydropyridines is 1. The van der Waals surface area contributed by atoms with Crippen molar-refractivity contribution in [3.8, 4) is 0 Å². The van der Waals surface area contributed by atoms with Gasteiger partial charge >= 0.3 is 0 Å². The summed E-state index contributed by atoms with van der Waals surface area (Å²) in [4.78, 5) is 2.27. The van der Waals surface area contributed by atoms with Crippen molar-refractivity contribution in [1.82, 2.24) is 10.2 Å². The zero-order valence-electron chi connectivity index (χ0n) is 15.2. The first-order valence-electron chi connectivity index (χ1n) is 9.20. The predicted molar refractivity (Wildman–Crippen MR) is 109 cm³/mol. The molecule has 3 N–H and O–H groups in total. The number of benzene rings is 1. The van der Waals surface area contributed by atoms with E-state index in [1.54, 1.807) is 0 Å². The van der Waals surface area contributed by atoms with Crippen molar-refractivity contribution in [2.45, 2.75) is 25.8 Å². The van der Waals surface area contributed by atoms with Gasteiger partial charge in [0.05, 0.1) is 0 Å². The highest BCUT2D eigenvalue weighted by atomic mass is 15.2. The standard InChI is InChI=1S/C23H25N3/c1-16-7-5-6-14-26(22-13-11-19(15-25-22)17(2)24)21-12-10-18-8-3-4-9-20(18)23(16)21/h3-9,11,13-14,17,25H,1,10,12,15,24H2,2H3/b7-5-,14-6-. The van der Waals surface area contributed by atoms with E-state index in [1.807, 2.05) is 6.92 Å². The zero-order chi connectivity index (χ0) is 18.1. The van der Waals surface area contributed by atoms with Crippen molar-refractivity contribution < 1.29 is 0 Å². The highest BCUT2D eigenvalue weighted by molar-refractivity contribution is 5.86. The Labute approximate surface area is 155 Å². The van der Waals surface area contributed by atoms with Gasteiger partial charge in [0.1, 0.15) is 5.82 Å². The molecule has 3 heteroatoms. The molecule has 2 aliphatic heterocycles. The van der Waals surface area contributed by atoms with Crippen molar-refractivity contribution in [2.75, 3.05) is 6.54 Å². The molecule has 0 bridgehead atoms. The number of nitrogens with two attached hydrogens (primary N) is 1. The van der Waals surface area contributed by atoms with Gasteiger partial charge in [-0.25, -0.2) is 0 Å². The predicted octanol–water partition coefficient (Wildman–Crippen LogP) is 4.00. The van der Waals surface area contributed by atoms with Crippen LogP contribution in [-0.4, -0.2) is 17.5 Å². The average molecular weight is 343 g/mol. The number of hydrogen-bond acceptors (Lipinski definition) is 3. The van der Waals surface area contributed by atoms with Gasteiger partial charge in [0.15, 0.2) is 0 Å². The monoisotopic (exact) mass is 343 g/mol. The molecule has 4 rings (SSSR count). The largest absolute Gasteiger partial charge is 0.367 e. The molecular weight excluding hydrogens is 318 g/mol. The van der Waals surface area contributed by atoms with Gasteiger partial charge in [-0.15, -0.1) is 0 Å². The van der Waals surface area contributed by atoms with E-state index >= 15 is 0 Å². The molecule has 3 nitrogen and oxygen atoms in total. The Morgan fingerprint density at radius 3 is 2.77 bits per heavy atom. The van der Waals surface area contributed by atoms with E-state index in [1.165, 1.54) is 28.0 Å². The van der Waals surface area contributed by atoms with Gasteiger partial charge in [-0.2, -0.15) is 0 Å². The van der Waals surface area contributed by atoms with Gasteiger partial charge < -0.3 is 16.0 Å². The summed E-state index contributed by atoms with van der Waals surface area (Å²) in [5.74, 6) is 1.08. The van der Waals surface area contributed by atoms with Crippen LogP contribution in [-0.2, 0) is 6.42 Å². The maximum Gasteiger partial charge on any atom is 0.110 e. The lowest BCUT2D eigenvalue weighted by molar-refractivity contribution is 0.490. The summed E-state index contributed by atoms with van der Waals surface area (Å²) in [6.07, 6.45) is 14.7. The average Bonchev–Trinajstić information content (AvgIpc) is 2.65. The van der Waals surface area contributed by atoms with Crippen LogP contribution in [0.25, 0.3) is 5.57 Å². The molecule has 1 unspecified atom stereocenters. The third-order valence-electron chi connectivity index (χ3n) is 5.24. The molecule has 2 heterocycles. The fraction of sp³-hybridized carbons (Fsp3) is 0.217. The molecular formula is C23H25N3. The normalized spacial score (nSPS) is 22.8. The molecule has 1 aromatic carbocycles. The van der Waals surface area contributed by atoms with Crippen molar-refractivity contribution in [3.63, 3.8) is 0 Å². The van der Waals surface area contributed by atoms with E-state index in [9.17, 15) is 0 Å². The molecule has 0 spiro atoms. The number of hydrogen-bond donors (Lipinski definition) is 2. The van der Waals surface area contributed by atoms with Gasteiger partial charge in [-0.05, 0) is 54.2 Å². The second-order valence-electron chi connectivity index (χ2n) is 7.01. The summed E-state index contributed by atoms with van der Waals surface area (Å²) in [6.45, 7) is 7.15. The lowest BCUT2D eigenvalue weighted by atomic mass is 9.84. The van der Waals surface area contributed by atoms with E-state index in [0.29, 0.717) is 0 Å². The summed E-state index contributed by atoms with van der Waals surface area (Å²) in [7, 11) is 0. The molecule has 0 fully saturated rings. The van der Waals surface area contributed by atoms with E-state index < -0.39 is 0 Å². The second kappa shape index (κ2) is 6.85. The summed E-state index contributed by atoms with van der Waals surface area (Å²) in [5, 5.41) is 3.54. The molecule has 1 aromatic rings. The van der Waals surface area contributed by atoms with Crippen LogP contribution in [0.15, 0.2) is 90.1 Å². The Hall–Kier alpha value is -2.78. The van der Waals surface area contributed by atoms with Crippen molar-refractivity contribution in [3.05, 3.63) is 101 Å². The maximum atomic E-state index is 6.02. The Kier molecular flexibility index (Phi) is 4.39. The van der Waals surface area contributed by atoms with Gasteiger partial charge in [0.25, 0.3) is 0 Å². The number of nitrogens with one attached hydrogen (secondary N) is 1. The molecule has 1 atom stereocenters. The van der Waals surface area contributed by atoms with Gasteiger partial charge in [-0.3, -0.25) is 0 Å². The smallest absolute Gasteiger partial charge is 0.110 e. The minimum atomic E-state index is 0.0715. The van der Waals surface area contributed by atoms with E-state index in [2.05, 4.69) is 77.6 Å². The first-order chi connectivity index (χ1) is 12.6. The van der Waals surface area contributed by atoms with Crippen molar-refractivity contribution in [2.24, 2.45) is 5.73 Å². The van der Waals surface area contributed by atoms with E-state index in [-0.39, 0.29) is 6.04 Å². The third-order valence-corrected chi connectivity index (χ3v) is 5.24. The lowest BCUT2D eigenvalue weighted by Crippen LogP contribution is -2.35. The highest BCUT2D eigenvalue weighted by Gasteiger charge is 2.26. The van der Waals surface area contributed by atoms with Crippen LogP contribution in [0.5, 0.6) is 0 Å². The Balaban J connectivity index is 1.83. The maximum absolute atomic E-state index is 6.02. The highest BCUT2D eigenvalue weighted by Crippen LogP contribution is 2.39. The summed E-state index contributed by atoms with van der Waals surface area (Å²) < 4.78 is 0. The Bertz CT molecular complexity index is 894. The van der Waals surface area contributed by atoms with Crippen LogP contribution in [0.1, 0.15) is 24.5 Å². The molecule has 0 radical (unpaired) electrons. The van der Waals surface area contributed by atoms with Crippen molar-refractivity contribution >= 4 is 5.57 Å². The molecule has 0 saturated heterocycles. The van der Waals surface area contributed by atoms with Crippen LogP contribution >= 0.6 is 0 Å². The third kappa shape index (κ3) is 2.95. The summed E-state index contributed by atoms with van der Waals surface area (Å²) >= 11 is 0. The van der Waals surface area contributed by atoms with E-state index in [0.717, 1.165) is 30.8 Å². The number of fused-ring (bicyclic) bond motifs is 2. The lowest BCUT2D eigenvalue weighted by Gasteiger charge is -2.35. The Morgan fingerprint density at radius 2 is 2.00 bits per heavy atom. The topological polar surface area (TPSA) is 41.3 Å². The Morgan fingerprint density at radius 1 is 1.15 bits per heavy atom. The van der Waals surface area contributed by atoms with Crippen molar-refractivity contribution in [1.29, 1.82) is 0 Å². The molecule has 0 aromatic heterocycles. The molecule has 132 valence electrons. The van der Waals surface area contributed by atoms with Crippen LogP contribution in [0.4, 0.5) is 0 Å². The van der Waals surface area contributed by atoms with Gasteiger partial charge in [-0.1, -0.05) is 49.1 Å². The van der Waals surface area contributed by atoms with Gasteiger partial charge in [0, 0.05) is 30.1 Å². The first-order valence-corrected chi connectivity index (χ1v) is 9.20. The number of aryl methyl sites for hydroxylation is 1. The minimum Gasteiger partial charge on any atom is -0.367 e. The fourth-order valence-corrected chi connectivity index (χ4v) is 3.80. The molecule has 0 amide bonds. The SMILES string of the molecule is C=C1/C=C\C=C/N(C2=CC=C(C(C)N)CN2)C2=C1c1ccccc1CC2. The van der Waals surface area contributed by atoms with Crippen LogP contribution < -0.4 is 11.1 Å². The zero-order valence-corrected chi connectivity index (χ0v) is 15.2. The molecule has 26 heavy (non-hydrogen) atoms. The van der Waals surface area contributed by atoms with E-state index in [4.69, 9.17) is 5.73 Å². The molecule has 0 saturated carbocycles. The van der Waals surface area contributed by atoms with Gasteiger partial charge in [0.2, 0.25) is 0 Å². The minimum absolute atomic E-state index is 0.0715.